The van der Waals surface area contributed by atoms with Gasteiger partial charge in [-0.15, -0.1) is 0 Å². The molecule has 3 atom stereocenters. The summed E-state index contributed by atoms with van der Waals surface area (Å²) in [5, 5.41) is 28.1. The highest BCUT2D eigenvalue weighted by Gasteiger charge is 2.41. The van der Waals surface area contributed by atoms with Crippen molar-refractivity contribution in [2.24, 2.45) is 0 Å². The number of ether oxygens (including phenoxy) is 1. The molecule has 0 rings (SSSR count). The lowest BCUT2D eigenvalue weighted by atomic mass is 10.1. The van der Waals surface area contributed by atoms with Crippen LogP contribution in [0.15, 0.2) is 24.3 Å². The van der Waals surface area contributed by atoms with Crippen molar-refractivity contribution < 1.29 is 43.3 Å². The molecular weight excluding hydrogens is 497 g/mol. The van der Waals surface area contributed by atoms with Gasteiger partial charge in [0.15, 0.2) is 12.1 Å². The van der Waals surface area contributed by atoms with Gasteiger partial charge in [0.05, 0.1) is 27.2 Å². The molecule has 9 nitrogen and oxygen atoms in total. The summed E-state index contributed by atoms with van der Waals surface area (Å²) < 4.78 is 22.7. The van der Waals surface area contributed by atoms with Crippen molar-refractivity contribution in [3.8, 4) is 0 Å². The molecule has 4 N–H and O–H groups in total. The molecule has 0 aliphatic rings. The first-order valence-corrected chi connectivity index (χ1v) is 15.4. The third kappa shape index (κ3) is 19.6. The van der Waals surface area contributed by atoms with Gasteiger partial charge in [-0.3, -0.25) is 9.36 Å². The Morgan fingerprint density at radius 3 is 1.92 bits per heavy atom. The molecule has 0 aromatic rings. The number of aliphatic hydroxyl groups excluding tert-OH is 2. The minimum atomic E-state index is -4.11. The molecule has 0 heterocycles. The molecule has 0 amide bonds. The molecule has 37 heavy (non-hydrogen) atoms. The van der Waals surface area contributed by atoms with Crippen LogP contribution in [0.1, 0.15) is 90.9 Å². The van der Waals surface area contributed by atoms with Gasteiger partial charge in [-0.2, -0.15) is 0 Å². The van der Waals surface area contributed by atoms with Crippen LogP contribution < -0.4 is 0 Å². The van der Waals surface area contributed by atoms with Gasteiger partial charge in [0, 0.05) is 12.8 Å². The summed E-state index contributed by atoms with van der Waals surface area (Å²) >= 11 is 0. The largest absolute Gasteiger partial charge is 0.463 e. The molecule has 0 radical (unpaired) electrons. The maximum atomic E-state index is 12.6. The highest BCUT2D eigenvalue weighted by molar-refractivity contribution is 7.53. The van der Waals surface area contributed by atoms with Crippen LogP contribution in [0.5, 0.6) is 0 Å². The lowest BCUT2D eigenvalue weighted by molar-refractivity contribution is -0.901. The molecule has 0 aliphatic carbocycles. The van der Waals surface area contributed by atoms with Crippen molar-refractivity contribution in [1.29, 1.82) is 0 Å². The van der Waals surface area contributed by atoms with Crippen LogP contribution in [-0.2, 0) is 18.6 Å². The van der Waals surface area contributed by atoms with Gasteiger partial charge in [0.1, 0.15) is 12.7 Å². The van der Waals surface area contributed by atoms with Gasteiger partial charge < -0.3 is 34.0 Å². The number of quaternary nitrogens is 1. The number of rotatable bonds is 23. The minimum absolute atomic E-state index is 0.0292. The van der Waals surface area contributed by atoms with Crippen LogP contribution in [0.2, 0.25) is 0 Å². The fourth-order valence-electron chi connectivity index (χ4n) is 3.51. The molecule has 0 aromatic carbocycles. The second-order valence-corrected chi connectivity index (χ2v) is 12.3. The SMILES string of the molecule is CCCCC/C=C\CCCC/C=C\CCCC(=O)OC[C@@H](O)COP(=O)(O)C(C)[N+](C)(C)CCC(O)O. The van der Waals surface area contributed by atoms with E-state index >= 15 is 0 Å². The number of carbonyl (C=O) groups is 1. The van der Waals surface area contributed by atoms with Gasteiger partial charge in [-0.05, 0) is 58.3 Å². The molecule has 0 saturated heterocycles. The number of carbonyl (C=O) groups excluding carboxylic acids is 1. The average Bonchev–Trinajstić information content (AvgIpc) is 2.84. The van der Waals surface area contributed by atoms with Crippen molar-refractivity contribution >= 4 is 13.6 Å². The van der Waals surface area contributed by atoms with E-state index in [1.54, 1.807) is 14.1 Å². The summed E-state index contributed by atoms with van der Waals surface area (Å²) in [6.07, 6.45) is 17.3. The Morgan fingerprint density at radius 1 is 0.892 bits per heavy atom. The molecular formula is C27H53NO8P+. The summed E-state index contributed by atoms with van der Waals surface area (Å²) in [6, 6.07) is 0. The molecule has 2 unspecified atom stereocenters. The molecule has 0 spiro atoms. The molecule has 0 aliphatic heterocycles. The topological polar surface area (TPSA) is 134 Å². The Hall–Kier alpha value is -1.06. The van der Waals surface area contributed by atoms with Crippen LogP contribution in [-0.4, -0.2) is 82.7 Å². The number of aliphatic hydroxyl groups is 3. The van der Waals surface area contributed by atoms with E-state index in [2.05, 4.69) is 31.2 Å². The molecule has 0 bridgehead atoms. The number of unbranched alkanes of at least 4 members (excludes halogenated alkanes) is 7. The smallest absolute Gasteiger partial charge is 0.384 e. The Bertz CT molecular complexity index is 696. The van der Waals surface area contributed by atoms with E-state index in [1.807, 2.05) is 0 Å². The van der Waals surface area contributed by atoms with Gasteiger partial charge in [0.25, 0.3) is 0 Å². The van der Waals surface area contributed by atoms with Gasteiger partial charge in [-0.25, -0.2) is 0 Å². The Morgan fingerprint density at radius 2 is 1.41 bits per heavy atom. The number of hydrogen-bond acceptors (Lipinski definition) is 7. The third-order valence-corrected chi connectivity index (χ3v) is 8.48. The first-order valence-electron chi connectivity index (χ1n) is 13.7. The Balaban J connectivity index is 3.96. The van der Waals surface area contributed by atoms with Crippen molar-refractivity contribution in [3.63, 3.8) is 0 Å². The zero-order valence-corrected chi connectivity index (χ0v) is 24.4. The van der Waals surface area contributed by atoms with Crippen molar-refractivity contribution in [2.45, 2.75) is 109 Å². The summed E-state index contributed by atoms with van der Waals surface area (Å²) in [7, 11) is -0.750. The number of allylic oxidation sites excluding steroid dienone is 4. The van der Waals surface area contributed by atoms with Gasteiger partial charge >= 0.3 is 13.6 Å². The molecule has 218 valence electrons. The van der Waals surface area contributed by atoms with Crippen molar-refractivity contribution in [3.05, 3.63) is 24.3 Å². The second kappa shape index (κ2) is 20.8. The van der Waals surface area contributed by atoms with E-state index in [-0.39, 0.29) is 30.5 Å². The predicted octanol–water partition coefficient (Wildman–Crippen LogP) is 4.64. The Labute approximate surface area is 224 Å². The van der Waals surface area contributed by atoms with E-state index in [9.17, 15) is 19.4 Å². The Kier molecular flexibility index (Phi) is 20.2. The van der Waals surface area contributed by atoms with Crippen molar-refractivity contribution in [1.82, 2.24) is 0 Å². The van der Waals surface area contributed by atoms with Crippen LogP contribution in [0.25, 0.3) is 0 Å². The van der Waals surface area contributed by atoms with Gasteiger partial charge in [-0.1, -0.05) is 44.1 Å². The lowest BCUT2D eigenvalue weighted by Gasteiger charge is -2.37. The number of hydrogen-bond donors (Lipinski definition) is 4. The highest BCUT2D eigenvalue weighted by Crippen LogP contribution is 2.50. The normalized spacial score (nSPS) is 15.9. The summed E-state index contributed by atoms with van der Waals surface area (Å²) in [5.41, 5.74) is 0. The zero-order chi connectivity index (χ0) is 28.2. The maximum absolute atomic E-state index is 12.6. The van der Waals surface area contributed by atoms with Crippen LogP contribution in [0, 0.1) is 0 Å². The van der Waals surface area contributed by atoms with Gasteiger partial charge in [0.2, 0.25) is 0 Å². The quantitative estimate of drug-likeness (QED) is 0.0361. The third-order valence-electron chi connectivity index (χ3n) is 6.39. The monoisotopic (exact) mass is 550 g/mol. The number of nitrogens with zero attached hydrogens (tertiary/aromatic N) is 1. The van der Waals surface area contributed by atoms with Crippen LogP contribution in [0.4, 0.5) is 0 Å². The maximum Gasteiger partial charge on any atom is 0.384 e. The van der Waals surface area contributed by atoms with E-state index < -0.39 is 38.3 Å². The zero-order valence-electron chi connectivity index (χ0n) is 23.5. The molecule has 0 aromatic heterocycles. The fourth-order valence-corrected chi connectivity index (χ4v) is 5.02. The molecule has 0 fully saturated rings. The summed E-state index contributed by atoms with van der Waals surface area (Å²) in [6.45, 7) is 3.22. The molecule has 0 saturated carbocycles. The standard InChI is InChI=1S/C27H52NO8P/c1-5-6-7-8-9-10-11-12-13-14-15-16-17-18-19-27(32)35-22-25(29)23-36-37(33,34)24(2)28(3,4)21-20-26(30)31/h9-10,15-16,24-26,29-31H,5-8,11-14,17-23H2,1-4H3/p+1/b10-9-,16-15-/t24?,25-/m1/s1. The fraction of sp³-hybridized carbons (Fsp3) is 0.815. The summed E-state index contributed by atoms with van der Waals surface area (Å²) in [4.78, 5) is 22.2. The van der Waals surface area contributed by atoms with Crippen molar-refractivity contribution in [2.75, 3.05) is 33.9 Å². The van der Waals surface area contributed by atoms with E-state index in [1.165, 1.54) is 39.0 Å². The van der Waals surface area contributed by atoms with Crippen LogP contribution >= 0.6 is 7.60 Å². The first-order chi connectivity index (χ1) is 17.4. The van der Waals surface area contributed by atoms with Crippen LogP contribution in [0.3, 0.4) is 0 Å². The second-order valence-electron chi connectivity index (χ2n) is 10.2. The van der Waals surface area contributed by atoms with E-state index in [4.69, 9.17) is 19.5 Å². The van der Waals surface area contributed by atoms with E-state index in [0.29, 0.717) is 6.42 Å². The highest BCUT2D eigenvalue weighted by atomic mass is 31.2. The summed E-state index contributed by atoms with van der Waals surface area (Å²) in [5.74, 6) is -1.29. The predicted molar refractivity (Wildman–Crippen MR) is 147 cm³/mol. The average molecular weight is 551 g/mol. The number of esters is 1. The first kappa shape index (κ1) is 35.9. The minimum Gasteiger partial charge on any atom is -0.463 e. The molecule has 10 heteroatoms. The van der Waals surface area contributed by atoms with E-state index in [0.717, 1.165) is 25.7 Å². The lowest BCUT2D eigenvalue weighted by Crippen LogP contribution is -2.48.